The summed E-state index contributed by atoms with van der Waals surface area (Å²) < 4.78 is 4.15. The van der Waals surface area contributed by atoms with Gasteiger partial charge in [-0.1, -0.05) is 45.4 Å². The maximum atomic E-state index is 9.18. The normalized spacial score (nSPS) is 15.0. The summed E-state index contributed by atoms with van der Waals surface area (Å²) in [4.78, 5) is 9.18. The smallest absolute Gasteiger partial charge is 0.293 e. The van der Waals surface area contributed by atoms with E-state index in [-0.39, 0.29) is 0 Å². The predicted octanol–water partition coefficient (Wildman–Crippen LogP) is 3.67. The van der Waals surface area contributed by atoms with Gasteiger partial charge < -0.3 is 10.1 Å². The zero-order valence-electron chi connectivity index (χ0n) is 12.2. The van der Waals surface area contributed by atoms with E-state index >= 15 is 0 Å². The van der Waals surface area contributed by atoms with Crippen LogP contribution in [-0.2, 0) is 9.53 Å². The Morgan fingerprint density at radius 3 is 2.28 bits per heavy atom. The Kier molecular flexibility index (Phi) is 14.0. The minimum absolute atomic E-state index is 0.431. The molecule has 1 N–H and O–H groups in total. The van der Waals surface area contributed by atoms with Gasteiger partial charge in [-0.15, -0.1) is 0 Å². The molecular weight excluding hydrogens is 226 g/mol. The summed E-state index contributed by atoms with van der Waals surface area (Å²) in [6.07, 6.45) is 12.8. The summed E-state index contributed by atoms with van der Waals surface area (Å²) in [5.41, 5.74) is 0. The third-order valence-electron chi connectivity index (χ3n) is 3.30. The van der Waals surface area contributed by atoms with Crippen LogP contribution in [0.25, 0.3) is 0 Å². The number of carbonyl (C=O) groups excluding carboxylic acids is 1. The van der Waals surface area contributed by atoms with Gasteiger partial charge in [0.1, 0.15) is 0 Å². The first-order chi connectivity index (χ1) is 8.85. The molecule has 0 spiro atoms. The molecule has 3 nitrogen and oxygen atoms in total. The van der Waals surface area contributed by atoms with Crippen LogP contribution in [-0.4, -0.2) is 25.7 Å². The summed E-state index contributed by atoms with van der Waals surface area (Å²) in [5.74, 6) is 0. The highest BCUT2D eigenvalue weighted by molar-refractivity contribution is 5.36. The lowest BCUT2D eigenvalue weighted by molar-refractivity contribution is -0.128. The Morgan fingerprint density at radius 1 is 1.11 bits per heavy atom. The SMILES string of the molecule is CCCCCCCNC1CCCC1.CCOC=O. The zero-order valence-corrected chi connectivity index (χ0v) is 12.2. The summed E-state index contributed by atoms with van der Waals surface area (Å²) in [7, 11) is 0. The second-order valence-corrected chi connectivity index (χ2v) is 4.90. The summed E-state index contributed by atoms with van der Waals surface area (Å²) >= 11 is 0. The number of rotatable bonds is 9. The van der Waals surface area contributed by atoms with Gasteiger partial charge in [0.05, 0.1) is 6.61 Å². The van der Waals surface area contributed by atoms with Crippen LogP contribution in [0.5, 0.6) is 0 Å². The molecule has 0 aromatic carbocycles. The number of nitrogens with one attached hydrogen (secondary N) is 1. The van der Waals surface area contributed by atoms with E-state index in [9.17, 15) is 4.79 Å². The van der Waals surface area contributed by atoms with Crippen molar-refractivity contribution in [3.8, 4) is 0 Å². The molecule has 1 aliphatic carbocycles. The van der Waals surface area contributed by atoms with E-state index in [1.165, 1.54) is 64.3 Å². The van der Waals surface area contributed by atoms with Gasteiger partial charge in [0.25, 0.3) is 6.47 Å². The first kappa shape index (κ1) is 17.4. The van der Waals surface area contributed by atoms with Gasteiger partial charge in [-0.3, -0.25) is 4.79 Å². The van der Waals surface area contributed by atoms with Crippen molar-refractivity contribution < 1.29 is 9.53 Å². The highest BCUT2D eigenvalue weighted by atomic mass is 16.5. The van der Waals surface area contributed by atoms with E-state index in [1.54, 1.807) is 6.92 Å². The molecule has 18 heavy (non-hydrogen) atoms. The molecular formula is C15H31NO2. The predicted molar refractivity (Wildman–Crippen MR) is 76.7 cm³/mol. The molecule has 0 aromatic rings. The molecule has 0 aromatic heterocycles. The van der Waals surface area contributed by atoms with Crippen LogP contribution in [0.3, 0.4) is 0 Å². The number of carbonyl (C=O) groups is 1. The van der Waals surface area contributed by atoms with E-state index in [4.69, 9.17) is 0 Å². The van der Waals surface area contributed by atoms with E-state index in [1.807, 2.05) is 0 Å². The van der Waals surface area contributed by atoms with Crippen molar-refractivity contribution in [2.24, 2.45) is 0 Å². The first-order valence-electron chi connectivity index (χ1n) is 7.63. The Hall–Kier alpha value is -0.570. The van der Waals surface area contributed by atoms with Crippen LogP contribution in [0.4, 0.5) is 0 Å². The molecule has 0 bridgehead atoms. The van der Waals surface area contributed by atoms with Crippen LogP contribution >= 0.6 is 0 Å². The fourth-order valence-electron chi connectivity index (χ4n) is 2.23. The van der Waals surface area contributed by atoms with Gasteiger partial charge >= 0.3 is 0 Å². The summed E-state index contributed by atoms with van der Waals surface area (Å²) in [5, 5.41) is 3.66. The van der Waals surface area contributed by atoms with Crippen molar-refractivity contribution in [2.75, 3.05) is 13.2 Å². The molecule has 1 saturated carbocycles. The third-order valence-corrected chi connectivity index (χ3v) is 3.30. The topological polar surface area (TPSA) is 38.3 Å². The van der Waals surface area contributed by atoms with Crippen molar-refractivity contribution in [3.63, 3.8) is 0 Å². The number of unbranched alkanes of at least 4 members (excludes halogenated alkanes) is 4. The van der Waals surface area contributed by atoms with E-state index < -0.39 is 0 Å². The molecule has 0 saturated heterocycles. The van der Waals surface area contributed by atoms with Crippen molar-refractivity contribution in [1.29, 1.82) is 0 Å². The van der Waals surface area contributed by atoms with Gasteiger partial charge in [-0.2, -0.15) is 0 Å². The molecule has 0 radical (unpaired) electrons. The second kappa shape index (κ2) is 14.5. The van der Waals surface area contributed by atoms with Crippen molar-refractivity contribution in [3.05, 3.63) is 0 Å². The zero-order chi connectivity index (χ0) is 13.5. The molecule has 1 aliphatic rings. The van der Waals surface area contributed by atoms with Gasteiger partial charge in [0.2, 0.25) is 0 Å². The van der Waals surface area contributed by atoms with Gasteiger partial charge in [-0.25, -0.2) is 0 Å². The Bertz CT molecular complexity index is 168. The molecule has 0 heterocycles. The van der Waals surface area contributed by atoms with Crippen LogP contribution in [0, 0.1) is 0 Å². The lowest BCUT2D eigenvalue weighted by atomic mass is 10.1. The monoisotopic (exact) mass is 257 g/mol. The maximum absolute atomic E-state index is 9.18. The molecule has 1 rings (SSSR count). The number of hydrogen-bond acceptors (Lipinski definition) is 3. The Balaban J connectivity index is 0.000000494. The molecule has 0 amide bonds. The lowest BCUT2D eigenvalue weighted by Crippen LogP contribution is -2.26. The van der Waals surface area contributed by atoms with Crippen molar-refractivity contribution >= 4 is 6.47 Å². The first-order valence-corrected chi connectivity index (χ1v) is 7.63. The Morgan fingerprint density at radius 2 is 1.78 bits per heavy atom. The van der Waals surface area contributed by atoms with Crippen molar-refractivity contribution in [2.45, 2.75) is 77.7 Å². The molecule has 108 valence electrons. The second-order valence-electron chi connectivity index (χ2n) is 4.90. The number of ether oxygens (including phenoxy) is 1. The fraction of sp³-hybridized carbons (Fsp3) is 0.933. The maximum Gasteiger partial charge on any atom is 0.293 e. The average Bonchev–Trinajstić information content (AvgIpc) is 2.88. The fourth-order valence-corrected chi connectivity index (χ4v) is 2.23. The molecule has 0 atom stereocenters. The van der Waals surface area contributed by atoms with Crippen LogP contribution in [0.2, 0.25) is 0 Å². The largest absolute Gasteiger partial charge is 0.468 e. The lowest BCUT2D eigenvalue weighted by Gasteiger charge is -2.10. The minimum Gasteiger partial charge on any atom is -0.468 e. The van der Waals surface area contributed by atoms with E-state index in [0.29, 0.717) is 13.1 Å². The Labute approximate surface area is 113 Å². The molecule has 1 fully saturated rings. The highest BCUT2D eigenvalue weighted by Crippen LogP contribution is 2.17. The standard InChI is InChI=1S/C12H25N.C3H6O2/c1-2-3-4-5-8-11-13-12-9-6-7-10-12;1-2-5-3-4/h12-13H,2-11H2,1H3;3H,2H2,1H3. The minimum atomic E-state index is 0.431. The van der Waals surface area contributed by atoms with Crippen LogP contribution in [0.15, 0.2) is 0 Å². The molecule has 3 heteroatoms. The van der Waals surface area contributed by atoms with Crippen LogP contribution in [0.1, 0.15) is 71.6 Å². The molecule has 0 aliphatic heterocycles. The van der Waals surface area contributed by atoms with Gasteiger partial charge in [0.15, 0.2) is 0 Å². The summed E-state index contributed by atoms with van der Waals surface area (Å²) in [6.45, 7) is 6.20. The molecule has 0 unspecified atom stereocenters. The third kappa shape index (κ3) is 11.9. The highest BCUT2D eigenvalue weighted by Gasteiger charge is 2.12. The van der Waals surface area contributed by atoms with Crippen molar-refractivity contribution in [1.82, 2.24) is 5.32 Å². The van der Waals surface area contributed by atoms with E-state index in [0.717, 1.165) is 6.04 Å². The average molecular weight is 257 g/mol. The van der Waals surface area contributed by atoms with Crippen LogP contribution < -0.4 is 5.32 Å². The van der Waals surface area contributed by atoms with Gasteiger partial charge in [-0.05, 0) is 32.7 Å². The van der Waals surface area contributed by atoms with Gasteiger partial charge in [0, 0.05) is 6.04 Å². The van der Waals surface area contributed by atoms with E-state index in [2.05, 4.69) is 17.0 Å². The number of hydrogen-bond donors (Lipinski definition) is 1. The quantitative estimate of drug-likeness (QED) is 0.506. The summed E-state index contributed by atoms with van der Waals surface area (Å²) in [6, 6.07) is 0.867.